The van der Waals surface area contributed by atoms with E-state index in [0.29, 0.717) is 19.3 Å². The number of hydrogen-bond acceptors (Lipinski definition) is 3. The Labute approximate surface area is 95.6 Å². The molecule has 2 N–H and O–H groups in total. The average molecular weight is 228 g/mol. The summed E-state index contributed by atoms with van der Waals surface area (Å²) in [5.74, 6) is -0.897. The summed E-state index contributed by atoms with van der Waals surface area (Å²) in [5.41, 5.74) is -2.22. The van der Waals surface area contributed by atoms with Crippen molar-refractivity contribution in [1.29, 1.82) is 0 Å². The van der Waals surface area contributed by atoms with Crippen molar-refractivity contribution in [2.75, 3.05) is 0 Å². The van der Waals surface area contributed by atoms with Crippen LogP contribution in [0.5, 0.6) is 0 Å². The molecule has 3 unspecified atom stereocenters. The molecule has 0 aliphatic carbocycles. The fraction of sp³-hybridized carbons (Fsp3) is 0.917. The first-order valence-electron chi connectivity index (χ1n) is 6.11. The lowest BCUT2D eigenvalue weighted by atomic mass is 9.61. The van der Waals surface area contributed by atoms with Crippen molar-refractivity contribution in [3.05, 3.63) is 0 Å². The van der Waals surface area contributed by atoms with E-state index < -0.39 is 17.0 Å². The van der Waals surface area contributed by atoms with Crippen molar-refractivity contribution >= 4 is 5.97 Å². The van der Waals surface area contributed by atoms with E-state index in [1.54, 1.807) is 0 Å². The van der Waals surface area contributed by atoms with Gasteiger partial charge in [-0.1, -0.05) is 13.8 Å². The van der Waals surface area contributed by atoms with Crippen molar-refractivity contribution in [3.8, 4) is 0 Å². The van der Waals surface area contributed by atoms with Crippen molar-refractivity contribution in [2.24, 2.45) is 5.41 Å². The number of hydrogen-bond donors (Lipinski definition) is 2. The van der Waals surface area contributed by atoms with Crippen LogP contribution in [0, 0.1) is 5.41 Å². The Morgan fingerprint density at radius 2 is 2.06 bits per heavy atom. The molecule has 4 nitrogen and oxygen atoms in total. The molecule has 0 aromatic rings. The van der Waals surface area contributed by atoms with E-state index in [9.17, 15) is 15.0 Å². The van der Waals surface area contributed by atoms with E-state index in [0.717, 1.165) is 12.8 Å². The third kappa shape index (κ3) is 1.26. The highest BCUT2D eigenvalue weighted by Crippen LogP contribution is 2.55. The van der Waals surface area contributed by atoms with Crippen LogP contribution in [0.4, 0.5) is 0 Å². The zero-order valence-electron chi connectivity index (χ0n) is 9.90. The van der Waals surface area contributed by atoms with E-state index in [2.05, 4.69) is 0 Å². The predicted octanol–water partition coefficient (Wildman–Crippen LogP) is 1.56. The molecule has 2 aliphatic rings. The summed E-state index contributed by atoms with van der Waals surface area (Å²) in [5, 5.41) is 20.2. The second-order valence-corrected chi connectivity index (χ2v) is 5.04. The summed E-state index contributed by atoms with van der Waals surface area (Å²) < 4.78 is 5.66. The monoisotopic (exact) mass is 228 g/mol. The summed E-state index contributed by atoms with van der Waals surface area (Å²) in [7, 11) is 0. The molecular formula is C12H20O4. The normalized spacial score (nSPS) is 37.9. The van der Waals surface area contributed by atoms with Crippen LogP contribution >= 0.6 is 0 Å². The van der Waals surface area contributed by atoms with Gasteiger partial charge in [-0.15, -0.1) is 0 Å². The van der Waals surface area contributed by atoms with Crippen LogP contribution in [0.2, 0.25) is 0 Å². The van der Waals surface area contributed by atoms with Crippen molar-refractivity contribution in [1.82, 2.24) is 0 Å². The lowest BCUT2D eigenvalue weighted by Gasteiger charge is -2.44. The maximum Gasteiger partial charge on any atom is 0.315 e. The van der Waals surface area contributed by atoms with Gasteiger partial charge in [0.05, 0.1) is 17.8 Å². The van der Waals surface area contributed by atoms with Crippen LogP contribution < -0.4 is 0 Å². The smallest absolute Gasteiger partial charge is 0.315 e. The van der Waals surface area contributed by atoms with Gasteiger partial charge < -0.3 is 14.9 Å². The van der Waals surface area contributed by atoms with Gasteiger partial charge in [-0.25, -0.2) is 0 Å². The molecule has 0 saturated carbocycles. The van der Waals surface area contributed by atoms with E-state index >= 15 is 0 Å². The maximum absolute atomic E-state index is 11.6. The summed E-state index contributed by atoms with van der Waals surface area (Å²) in [6, 6.07) is 0. The highest BCUT2D eigenvalue weighted by molar-refractivity contribution is 5.78. The Hall–Kier alpha value is -0.610. The molecule has 2 rings (SSSR count). The molecule has 0 amide bonds. The zero-order valence-corrected chi connectivity index (χ0v) is 9.90. The lowest BCUT2D eigenvalue weighted by Crippen LogP contribution is -2.58. The Morgan fingerprint density at radius 1 is 1.44 bits per heavy atom. The minimum atomic E-state index is -1.14. The summed E-state index contributed by atoms with van der Waals surface area (Å²) in [4.78, 5) is 11.6. The molecule has 16 heavy (non-hydrogen) atoms. The second kappa shape index (κ2) is 3.70. The minimum Gasteiger partial charge on any atom is -0.481 e. The van der Waals surface area contributed by atoms with Crippen LogP contribution in [-0.4, -0.2) is 34.0 Å². The largest absolute Gasteiger partial charge is 0.481 e. The van der Waals surface area contributed by atoms with Crippen molar-refractivity contribution < 1.29 is 19.7 Å². The molecule has 3 atom stereocenters. The van der Waals surface area contributed by atoms with Crippen LogP contribution in [0.25, 0.3) is 0 Å². The highest BCUT2D eigenvalue weighted by Gasteiger charge is 2.66. The molecular weight excluding hydrogens is 208 g/mol. The van der Waals surface area contributed by atoms with Gasteiger partial charge in [0.1, 0.15) is 5.41 Å². The van der Waals surface area contributed by atoms with Gasteiger partial charge in [0.15, 0.2) is 0 Å². The fourth-order valence-corrected chi connectivity index (χ4v) is 3.50. The number of ether oxygens (including phenoxy) is 1. The number of aliphatic carboxylic acids is 1. The van der Waals surface area contributed by atoms with Crippen LogP contribution in [0.1, 0.15) is 46.0 Å². The summed E-state index contributed by atoms with van der Waals surface area (Å²) in [6.45, 7) is 3.69. The second-order valence-electron chi connectivity index (χ2n) is 5.04. The lowest BCUT2D eigenvalue weighted by molar-refractivity contribution is -0.180. The van der Waals surface area contributed by atoms with Crippen LogP contribution in [-0.2, 0) is 9.53 Å². The first-order chi connectivity index (χ1) is 7.50. The van der Waals surface area contributed by atoms with E-state index in [1.165, 1.54) is 0 Å². The summed E-state index contributed by atoms with van der Waals surface area (Å²) in [6.07, 6.45) is 2.81. The van der Waals surface area contributed by atoms with Gasteiger partial charge in [-0.3, -0.25) is 4.79 Å². The predicted molar refractivity (Wildman–Crippen MR) is 58.1 cm³/mol. The molecule has 2 heterocycles. The van der Waals surface area contributed by atoms with Crippen LogP contribution in [0.15, 0.2) is 0 Å². The topological polar surface area (TPSA) is 66.8 Å². The van der Waals surface area contributed by atoms with E-state index in [-0.39, 0.29) is 12.2 Å². The van der Waals surface area contributed by atoms with Gasteiger partial charge in [-0.05, 0) is 32.1 Å². The van der Waals surface area contributed by atoms with Gasteiger partial charge in [-0.2, -0.15) is 0 Å². The molecule has 2 bridgehead atoms. The molecule has 92 valence electrons. The molecule has 2 saturated heterocycles. The third-order valence-corrected chi connectivity index (χ3v) is 4.59. The number of carbonyl (C=O) groups is 1. The standard InChI is InChI=1S/C12H20O4/c1-3-11(15,4-2)12(10(13)14)7-8-5-6-9(12)16-8/h8-9,15H,3-7H2,1-2H3,(H,13,14). The van der Waals surface area contributed by atoms with Crippen LogP contribution in [0.3, 0.4) is 0 Å². The fourth-order valence-electron chi connectivity index (χ4n) is 3.50. The quantitative estimate of drug-likeness (QED) is 0.766. The number of aliphatic hydroxyl groups is 1. The molecule has 2 aliphatic heterocycles. The minimum absolute atomic E-state index is 0.0331. The van der Waals surface area contributed by atoms with Gasteiger partial charge in [0, 0.05) is 0 Å². The molecule has 0 aromatic heterocycles. The Kier molecular flexibility index (Phi) is 2.75. The Morgan fingerprint density at radius 3 is 2.38 bits per heavy atom. The van der Waals surface area contributed by atoms with Gasteiger partial charge in [0.25, 0.3) is 0 Å². The molecule has 0 aromatic carbocycles. The van der Waals surface area contributed by atoms with Crippen molar-refractivity contribution in [3.63, 3.8) is 0 Å². The number of rotatable bonds is 4. The number of fused-ring (bicyclic) bond motifs is 2. The highest BCUT2D eigenvalue weighted by atomic mass is 16.5. The SMILES string of the molecule is CCC(O)(CC)C1(C(=O)O)CC2CCC1O2. The molecule has 0 radical (unpaired) electrons. The zero-order chi connectivity index (χ0) is 12.0. The first-order valence-corrected chi connectivity index (χ1v) is 6.11. The number of carboxylic acids is 1. The van der Waals surface area contributed by atoms with Gasteiger partial charge in [0.2, 0.25) is 0 Å². The molecule has 0 spiro atoms. The van der Waals surface area contributed by atoms with Gasteiger partial charge >= 0.3 is 5.97 Å². The Bertz CT molecular complexity index is 297. The number of carboxylic acid groups (broad SMARTS) is 1. The average Bonchev–Trinajstić information content (AvgIpc) is 2.88. The van der Waals surface area contributed by atoms with E-state index in [1.807, 2.05) is 13.8 Å². The van der Waals surface area contributed by atoms with Crippen molar-refractivity contribution in [2.45, 2.75) is 63.8 Å². The van der Waals surface area contributed by atoms with E-state index in [4.69, 9.17) is 4.74 Å². The Balaban J connectivity index is 2.41. The first kappa shape index (κ1) is 11.9. The molecule has 2 fully saturated rings. The summed E-state index contributed by atoms with van der Waals surface area (Å²) >= 11 is 0. The molecule has 4 heteroatoms. The third-order valence-electron chi connectivity index (χ3n) is 4.59. The maximum atomic E-state index is 11.6.